The molecule has 1 aromatic rings. The van der Waals surface area contributed by atoms with Crippen LogP contribution in [0.4, 0.5) is 24.5 Å². The van der Waals surface area contributed by atoms with Gasteiger partial charge in [-0.3, -0.25) is 14.9 Å². The molecule has 20 heavy (non-hydrogen) atoms. The number of amides is 1. The van der Waals surface area contributed by atoms with Gasteiger partial charge in [-0.25, -0.2) is 0 Å². The molecule has 0 radical (unpaired) electrons. The Kier molecular flexibility index (Phi) is 3.38. The molecule has 1 aliphatic rings. The molecular formula is C10H7F3N2O5. The third kappa shape index (κ3) is 2.73. The average Bonchev–Trinajstić information content (AvgIpc) is 2.36. The van der Waals surface area contributed by atoms with E-state index in [9.17, 15) is 28.1 Å². The average molecular weight is 292 g/mol. The molecule has 0 bridgehead atoms. The molecule has 0 atom stereocenters. The summed E-state index contributed by atoms with van der Waals surface area (Å²) in [6.07, 6.45) is -5.15. The number of fused-ring (bicyclic) bond motifs is 1. The summed E-state index contributed by atoms with van der Waals surface area (Å²) in [7, 11) is 0. The van der Waals surface area contributed by atoms with Crippen LogP contribution in [0.15, 0.2) is 12.1 Å². The molecule has 0 fully saturated rings. The number of halogens is 3. The maximum Gasteiger partial charge on any atom is 0.471 e. The Hall–Kier alpha value is -2.52. The van der Waals surface area contributed by atoms with Crippen LogP contribution in [0, 0.1) is 10.1 Å². The largest absolute Gasteiger partial charge is 0.486 e. The molecule has 0 unspecified atom stereocenters. The maximum atomic E-state index is 12.2. The number of carbonyl (C=O) groups excluding carboxylic acids is 1. The fraction of sp³-hybridized carbons (Fsp3) is 0.300. The van der Waals surface area contributed by atoms with Crippen LogP contribution < -0.4 is 14.8 Å². The summed E-state index contributed by atoms with van der Waals surface area (Å²) in [6.45, 7) is 0.315. The van der Waals surface area contributed by atoms with Crippen molar-refractivity contribution < 1.29 is 32.4 Å². The van der Waals surface area contributed by atoms with E-state index in [-0.39, 0.29) is 24.7 Å². The van der Waals surface area contributed by atoms with E-state index in [4.69, 9.17) is 9.47 Å². The molecule has 1 aliphatic heterocycles. The third-order valence-electron chi connectivity index (χ3n) is 2.36. The minimum atomic E-state index is -5.15. The standard InChI is InChI=1S/C10H7F3N2O5/c11-10(12,13)9(16)14-5-3-7-8(20-2-1-19-7)4-6(5)15(17)18/h3-4H,1-2H2,(H,14,16). The number of hydrogen-bond acceptors (Lipinski definition) is 5. The first kappa shape index (κ1) is 13.9. The number of nitrogens with one attached hydrogen (secondary N) is 1. The molecular weight excluding hydrogens is 285 g/mol. The fourth-order valence-electron chi connectivity index (χ4n) is 1.52. The summed E-state index contributed by atoms with van der Waals surface area (Å²) in [5.74, 6) is -2.25. The summed E-state index contributed by atoms with van der Waals surface area (Å²) in [6, 6.07) is 1.83. The van der Waals surface area contributed by atoms with E-state index in [0.29, 0.717) is 0 Å². The Balaban J connectivity index is 2.40. The topological polar surface area (TPSA) is 90.7 Å². The van der Waals surface area contributed by atoms with Gasteiger partial charge in [-0.05, 0) is 0 Å². The number of anilines is 1. The van der Waals surface area contributed by atoms with Crippen molar-refractivity contribution in [2.24, 2.45) is 0 Å². The molecule has 0 aliphatic carbocycles. The van der Waals surface area contributed by atoms with E-state index < -0.39 is 28.4 Å². The van der Waals surface area contributed by atoms with Crippen LogP contribution in [0.3, 0.4) is 0 Å². The molecule has 1 amide bonds. The molecule has 10 heteroatoms. The predicted octanol–water partition coefficient (Wildman–Crippen LogP) is 1.87. The van der Waals surface area contributed by atoms with Crippen LogP contribution in [0.2, 0.25) is 0 Å². The Morgan fingerprint density at radius 3 is 2.30 bits per heavy atom. The number of alkyl halides is 3. The second kappa shape index (κ2) is 4.87. The van der Waals surface area contributed by atoms with Crippen LogP contribution in [0.5, 0.6) is 11.5 Å². The fourth-order valence-corrected chi connectivity index (χ4v) is 1.52. The van der Waals surface area contributed by atoms with Gasteiger partial charge < -0.3 is 14.8 Å². The van der Waals surface area contributed by atoms with Crippen molar-refractivity contribution in [3.05, 3.63) is 22.2 Å². The van der Waals surface area contributed by atoms with E-state index in [2.05, 4.69) is 0 Å². The van der Waals surface area contributed by atoms with Crippen molar-refractivity contribution in [1.82, 2.24) is 0 Å². The van der Waals surface area contributed by atoms with Crippen LogP contribution >= 0.6 is 0 Å². The van der Waals surface area contributed by atoms with Gasteiger partial charge in [0.15, 0.2) is 11.5 Å². The van der Waals surface area contributed by atoms with Crippen molar-refractivity contribution >= 4 is 17.3 Å². The third-order valence-corrected chi connectivity index (χ3v) is 2.36. The summed E-state index contributed by atoms with van der Waals surface area (Å²) >= 11 is 0. The Labute approximate surface area is 109 Å². The zero-order chi connectivity index (χ0) is 14.9. The lowest BCUT2D eigenvalue weighted by Gasteiger charge is -2.19. The SMILES string of the molecule is O=C(Nc1cc2c(cc1[N+](=O)[O-])OCCO2)C(F)(F)F. The van der Waals surface area contributed by atoms with Gasteiger partial charge in [0.05, 0.1) is 11.0 Å². The number of hydrogen-bond donors (Lipinski definition) is 1. The molecule has 1 heterocycles. The molecule has 0 spiro atoms. The highest BCUT2D eigenvalue weighted by molar-refractivity contribution is 5.97. The molecule has 0 saturated carbocycles. The van der Waals surface area contributed by atoms with Crippen LogP contribution in [0.1, 0.15) is 0 Å². The van der Waals surface area contributed by atoms with Crippen molar-refractivity contribution in [2.75, 3.05) is 18.5 Å². The molecule has 1 N–H and O–H groups in total. The van der Waals surface area contributed by atoms with Gasteiger partial charge in [-0.2, -0.15) is 13.2 Å². The number of nitro groups is 1. The van der Waals surface area contributed by atoms with Gasteiger partial charge in [-0.1, -0.05) is 0 Å². The lowest BCUT2D eigenvalue weighted by molar-refractivity contribution is -0.384. The lowest BCUT2D eigenvalue weighted by Crippen LogP contribution is -2.30. The Bertz CT molecular complexity index is 573. The van der Waals surface area contributed by atoms with E-state index in [1.165, 1.54) is 5.32 Å². The quantitative estimate of drug-likeness (QED) is 0.663. The highest BCUT2D eigenvalue weighted by Gasteiger charge is 2.40. The monoisotopic (exact) mass is 292 g/mol. The first-order valence-electron chi connectivity index (χ1n) is 5.25. The summed E-state index contributed by atoms with van der Waals surface area (Å²) in [5.41, 5.74) is -1.33. The first-order chi connectivity index (χ1) is 9.29. The van der Waals surface area contributed by atoms with Crippen molar-refractivity contribution in [3.63, 3.8) is 0 Å². The molecule has 7 nitrogen and oxygen atoms in total. The molecule has 2 rings (SSSR count). The van der Waals surface area contributed by atoms with Gasteiger partial charge in [0.2, 0.25) is 0 Å². The normalized spacial score (nSPS) is 13.8. The van der Waals surface area contributed by atoms with Gasteiger partial charge in [0.25, 0.3) is 5.69 Å². The number of nitrogens with zero attached hydrogens (tertiary/aromatic N) is 1. The highest BCUT2D eigenvalue weighted by Crippen LogP contribution is 2.39. The van der Waals surface area contributed by atoms with Crippen molar-refractivity contribution in [2.45, 2.75) is 6.18 Å². The maximum absolute atomic E-state index is 12.2. The van der Waals surface area contributed by atoms with Crippen molar-refractivity contribution in [1.29, 1.82) is 0 Å². The number of rotatable bonds is 2. The second-order valence-electron chi connectivity index (χ2n) is 3.72. The first-order valence-corrected chi connectivity index (χ1v) is 5.25. The van der Waals surface area contributed by atoms with Gasteiger partial charge in [0.1, 0.15) is 18.9 Å². The lowest BCUT2D eigenvalue weighted by atomic mass is 10.2. The van der Waals surface area contributed by atoms with E-state index >= 15 is 0 Å². The van der Waals surface area contributed by atoms with Gasteiger partial charge in [0, 0.05) is 6.07 Å². The Morgan fingerprint density at radius 1 is 1.25 bits per heavy atom. The van der Waals surface area contributed by atoms with Crippen LogP contribution in [-0.4, -0.2) is 30.2 Å². The highest BCUT2D eigenvalue weighted by atomic mass is 19.4. The van der Waals surface area contributed by atoms with E-state index in [1.807, 2.05) is 0 Å². The van der Waals surface area contributed by atoms with Crippen LogP contribution in [0.25, 0.3) is 0 Å². The predicted molar refractivity (Wildman–Crippen MR) is 58.8 cm³/mol. The van der Waals surface area contributed by atoms with E-state index in [1.54, 1.807) is 0 Å². The minimum absolute atomic E-state index is 0.0272. The van der Waals surface area contributed by atoms with E-state index in [0.717, 1.165) is 12.1 Å². The zero-order valence-corrected chi connectivity index (χ0v) is 9.69. The second-order valence-corrected chi connectivity index (χ2v) is 3.72. The van der Waals surface area contributed by atoms with Gasteiger partial charge in [-0.15, -0.1) is 0 Å². The summed E-state index contributed by atoms with van der Waals surface area (Å²) < 4.78 is 46.7. The minimum Gasteiger partial charge on any atom is -0.486 e. The summed E-state index contributed by atoms with van der Waals surface area (Å²) in [5, 5.41) is 12.3. The van der Waals surface area contributed by atoms with Crippen LogP contribution in [-0.2, 0) is 4.79 Å². The number of ether oxygens (including phenoxy) is 2. The number of benzene rings is 1. The zero-order valence-electron chi connectivity index (χ0n) is 9.69. The summed E-state index contributed by atoms with van der Waals surface area (Å²) in [4.78, 5) is 20.7. The molecule has 0 aromatic heterocycles. The Morgan fingerprint density at radius 2 is 1.80 bits per heavy atom. The van der Waals surface area contributed by atoms with Gasteiger partial charge >= 0.3 is 12.1 Å². The number of nitro benzene ring substituents is 1. The molecule has 1 aromatic carbocycles. The molecule has 108 valence electrons. The van der Waals surface area contributed by atoms with Crippen molar-refractivity contribution in [3.8, 4) is 11.5 Å². The number of carbonyl (C=O) groups is 1. The smallest absolute Gasteiger partial charge is 0.471 e. The molecule has 0 saturated heterocycles.